The second kappa shape index (κ2) is 6.75. The van der Waals surface area contributed by atoms with E-state index < -0.39 is 17.4 Å². The van der Waals surface area contributed by atoms with E-state index >= 15 is 0 Å². The van der Waals surface area contributed by atoms with Crippen molar-refractivity contribution in [3.63, 3.8) is 0 Å². The van der Waals surface area contributed by atoms with Gasteiger partial charge in [0.25, 0.3) is 23.3 Å². The van der Waals surface area contributed by atoms with Crippen molar-refractivity contribution in [1.82, 2.24) is 9.88 Å². The van der Waals surface area contributed by atoms with Crippen LogP contribution in [-0.4, -0.2) is 22.3 Å². The number of carbonyl (C=O) groups is 3. The van der Waals surface area contributed by atoms with E-state index in [2.05, 4.69) is 10.6 Å². The van der Waals surface area contributed by atoms with E-state index in [9.17, 15) is 19.2 Å². The standard InChI is InChI=1S/C21H16N4O4/c1-11-5-7-13(8-6-11)23-19(27)12-3-2-4-14(9-12)25-16(26)10-15-17(18(25)22)21(29)24-20(15)28/h2-10H,22H2,1H3,(H,23,27)(H,24,28,29). The van der Waals surface area contributed by atoms with Gasteiger partial charge in [0.1, 0.15) is 5.82 Å². The number of nitrogens with one attached hydrogen (secondary N) is 2. The number of amides is 3. The number of rotatable bonds is 3. The van der Waals surface area contributed by atoms with E-state index in [-0.39, 0.29) is 22.9 Å². The first-order valence-corrected chi connectivity index (χ1v) is 8.75. The molecule has 0 spiro atoms. The van der Waals surface area contributed by atoms with E-state index in [1.54, 1.807) is 30.3 Å². The van der Waals surface area contributed by atoms with Crippen molar-refractivity contribution in [3.05, 3.63) is 87.2 Å². The third-order valence-corrected chi connectivity index (χ3v) is 4.63. The van der Waals surface area contributed by atoms with Gasteiger partial charge >= 0.3 is 0 Å². The minimum atomic E-state index is -0.662. The first-order chi connectivity index (χ1) is 13.8. The van der Waals surface area contributed by atoms with Gasteiger partial charge in [0.15, 0.2) is 0 Å². The quantitative estimate of drug-likeness (QED) is 0.591. The molecule has 0 unspecified atom stereocenters. The number of benzene rings is 2. The summed E-state index contributed by atoms with van der Waals surface area (Å²) < 4.78 is 1.10. The number of hydrogen-bond donors (Lipinski definition) is 3. The molecule has 3 aromatic rings. The molecule has 0 aliphatic carbocycles. The van der Waals surface area contributed by atoms with Crippen molar-refractivity contribution in [2.45, 2.75) is 6.92 Å². The molecule has 144 valence electrons. The molecule has 3 amide bonds. The summed E-state index contributed by atoms with van der Waals surface area (Å²) in [7, 11) is 0. The largest absolute Gasteiger partial charge is 0.384 e. The lowest BCUT2D eigenvalue weighted by Crippen LogP contribution is -2.24. The molecule has 29 heavy (non-hydrogen) atoms. The monoisotopic (exact) mass is 388 g/mol. The molecule has 2 heterocycles. The molecule has 0 saturated carbocycles. The van der Waals surface area contributed by atoms with Crippen LogP contribution < -0.4 is 21.9 Å². The highest BCUT2D eigenvalue weighted by Gasteiger charge is 2.31. The zero-order valence-electron chi connectivity index (χ0n) is 15.4. The van der Waals surface area contributed by atoms with Gasteiger partial charge in [-0.05, 0) is 37.3 Å². The van der Waals surface area contributed by atoms with Crippen LogP contribution in [0.25, 0.3) is 5.69 Å². The predicted molar refractivity (Wildman–Crippen MR) is 107 cm³/mol. The molecule has 0 fully saturated rings. The molecular formula is C21H16N4O4. The average molecular weight is 388 g/mol. The van der Waals surface area contributed by atoms with Crippen molar-refractivity contribution in [2.75, 3.05) is 11.1 Å². The first-order valence-electron chi connectivity index (χ1n) is 8.75. The van der Waals surface area contributed by atoms with Crippen LogP contribution in [-0.2, 0) is 0 Å². The van der Waals surface area contributed by atoms with E-state index in [0.29, 0.717) is 16.9 Å². The molecule has 4 rings (SSSR count). The summed E-state index contributed by atoms with van der Waals surface area (Å²) in [6.07, 6.45) is 0. The summed E-state index contributed by atoms with van der Waals surface area (Å²) in [6.45, 7) is 1.95. The van der Waals surface area contributed by atoms with Gasteiger partial charge in [-0.25, -0.2) is 0 Å². The summed E-state index contributed by atoms with van der Waals surface area (Å²) in [6, 6.07) is 14.7. The predicted octanol–water partition coefficient (Wildman–Crippen LogP) is 1.86. The lowest BCUT2D eigenvalue weighted by molar-refractivity contribution is 0.0879. The van der Waals surface area contributed by atoms with Crippen molar-refractivity contribution in [3.8, 4) is 5.69 Å². The van der Waals surface area contributed by atoms with Crippen LogP contribution in [0.5, 0.6) is 0 Å². The van der Waals surface area contributed by atoms with Crippen molar-refractivity contribution in [2.24, 2.45) is 0 Å². The van der Waals surface area contributed by atoms with E-state index in [0.717, 1.165) is 16.2 Å². The summed E-state index contributed by atoms with van der Waals surface area (Å²) in [5, 5.41) is 4.90. The van der Waals surface area contributed by atoms with Crippen LogP contribution >= 0.6 is 0 Å². The maximum Gasteiger partial charge on any atom is 0.262 e. The lowest BCUT2D eigenvalue weighted by Gasteiger charge is -2.13. The fourth-order valence-corrected chi connectivity index (χ4v) is 3.17. The van der Waals surface area contributed by atoms with Crippen molar-refractivity contribution < 1.29 is 14.4 Å². The number of imide groups is 1. The molecule has 0 bridgehead atoms. The van der Waals surface area contributed by atoms with Gasteiger partial charge in [-0.15, -0.1) is 0 Å². The maximum atomic E-state index is 12.6. The topological polar surface area (TPSA) is 123 Å². The molecule has 0 radical (unpaired) electrons. The summed E-state index contributed by atoms with van der Waals surface area (Å²) >= 11 is 0. The van der Waals surface area contributed by atoms with Gasteiger partial charge in [-0.3, -0.25) is 29.1 Å². The Kier molecular flexibility index (Phi) is 4.23. The second-order valence-corrected chi connectivity index (χ2v) is 6.65. The number of nitrogen functional groups attached to an aromatic ring is 1. The molecule has 2 aromatic carbocycles. The van der Waals surface area contributed by atoms with Gasteiger partial charge < -0.3 is 11.1 Å². The molecular weight excluding hydrogens is 372 g/mol. The zero-order valence-corrected chi connectivity index (χ0v) is 15.4. The van der Waals surface area contributed by atoms with Crippen LogP contribution in [0.1, 0.15) is 36.6 Å². The highest BCUT2D eigenvalue weighted by atomic mass is 16.2. The van der Waals surface area contributed by atoms with E-state index in [4.69, 9.17) is 5.73 Å². The zero-order chi connectivity index (χ0) is 20.7. The van der Waals surface area contributed by atoms with Gasteiger partial charge in [0, 0.05) is 17.3 Å². The number of nitrogens with two attached hydrogens (primary N) is 1. The van der Waals surface area contributed by atoms with Gasteiger partial charge in [0.05, 0.1) is 16.8 Å². The van der Waals surface area contributed by atoms with E-state index in [1.165, 1.54) is 6.07 Å². The number of aryl methyl sites for hydroxylation is 1. The molecule has 1 aliphatic heterocycles. The Labute approximate surface area is 165 Å². The molecule has 8 nitrogen and oxygen atoms in total. The third kappa shape index (κ3) is 3.16. The average Bonchev–Trinajstić information content (AvgIpc) is 2.97. The normalized spacial score (nSPS) is 12.4. The SMILES string of the molecule is Cc1ccc(NC(=O)c2cccc(-n3c(N)c4c(cc3=O)C(=O)NC4=O)c2)cc1. The van der Waals surface area contributed by atoms with Gasteiger partial charge in [-0.2, -0.15) is 0 Å². The first kappa shape index (κ1) is 18.2. The number of aromatic nitrogens is 1. The molecule has 8 heteroatoms. The number of anilines is 2. The summed E-state index contributed by atoms with van der Waals surface area (Å²) in [5.41, 5.74) is 7.66. The maximum absolute atomic E-state index is 12.6. The molecule has 4 N–H and O–H groups in total. The molecule has 0 atom stereocenters. The lowest BCUT2D eigenvalue weighted by atomic mass is 10.1. The minimum absolute atomic E-state index is 0.0518. The highest BCUT2D eigenvalue weighted by molar-refractivity contribution is 6.23. The van der Waals surface area contributed by atoms with E-state index in [1.807, 2.05) is 19.1 Å². The Morgan fingerprint density at radius 2 is 1.72 bits per heavy atom. The number of carbonyl (C=O) groups excluding carboxylic acids is 3. The Morgan fingerprint density at radius 1 is 1.00 bits per heavy atom. The minimum Gasteiger partial charge on any atom is -0.384 e. The van der Waals surface area contributed by atoms with Crippen molar-refractivity contribution >= 4 is 29.2 Å². The summed E-state index contributed by atoms with van der Waals surface area (Å²) in [4.78, 5) is 48.9. The van der Waals surface area contributed by atoms with Crippen LogP contribution in [0, 0.1) is 6.92 Å². The fraction of sp³-hybridized carbons (Fsp3) is 0.0476. The molecule has 0 saturated heterocycles. The van der Waals surface area contributed by atoms with Gasteiger partial charge in [0.2, 0.25) is 0 Å². The summed E-state index contributed by atoms with van der Waals surface area (Å²) in [5.74, 6) is -1.85. The Hall–Kier alpha value is -4.20. The van der Waals surface area contributed by atoms with Crippen LogP contribution in [0.15, 0.2) is 59.4 Å². The van der Waals surface area contributed by atoms with Crippen LogP contribution in [0.2, 0.25) is 0 Å². The van der Waals surface area contributed by atoms with Crippen LogP contribution in [0.4, 0.5) is 11.5 Å². The third-order valence-electron chi connectivity index (χ3n) is 4.63. The van der Waals surface area contributed by atoms with Crippen molar-refractivity contribution in [1.29, 1.82) is 0 Å². The Morgan fingerprint density at radius 3 is 2.45 bits per heavy atom. The number of hydrogen-bond acceptors (Lipinski definition) is 5. The number of pyridine rings is 1. The second-order valence-electron chi connectivity index (χ2n) is 6.65. The highest BCUT2D eigenvalue weighted by Crippen LogP contribution is 2.23. The smallest absolute Gasteiger partial charge is 0.262 e. The molecule has 1 aliphatic rings. The number of nitrogens with zero attached hydrogens (tertiary/aromatic N) is 1. The fourth-order valence-electron chi connectivity index (χ4n) is 3.17. The van der Waals surface area contributed by atoms with Gasteiger partial charge in [-0.1, -0.05) is 23.8 Å². The van der Waals surface area contributed by atoms with Crippen LogP contribution in [0.3, 0.4) is 0 Å². The number of fused-ring (bicyclic) bond motifs is 1. The molecule has 1 aromatic heterocycles. The Balaban J connectivity index is 1.73. The Bertz CT molecular complexity index is 1240.